The van der Waals surface area contributed by atoms with Crippen LogP contribution in [-0.2, 0) is 10.0 Å². The topological polar surface area (TPSA) is 98.5 Å². The molecular formula is C14H12BrClN2O4S. The highest BCUT2D eigenvalue weighted by Gasteiger charge is 2.21. The van der Waals surface area contributed by atoms with E-state index in [4.69, 9.17) is 22.1 Å². The van der Waals surface area contributed by atoms with Gasteiger partial charge in [0.15, 0.2) is 0 Å². The second-order valence-electron chi connectivity index (χ2n) is 4.46. The first-order valence-electron chi connectivity index (χ1n) is 6.20. The Hall–Kier alpha value is -1.77. The van der Waals surface area contributed by atoms with Crippen LogP contribution in [0.2, 0.25) is 5.02 Å². The van der Waals surface area contributed by atoms with Gasteiger partial charge in [-0.05, 0) is 36.4 Å². The quantitative estimate of drug-likeness (QED) is 0.778. The standard InChI is InChI=1S/C14H12BrClN2O4S/c1-22-12-5-3-9(15)7-13(12)23(20,21)18-11-6-8(14(17)19)2-4-10(11)16/h2-7,18H,1H3,(H2,17,19). The van der Waals surface area contributed by atoms with Gasteiger partial charge in [-0.15, -0.1) is 0 Å². The van der Waals surface area contributed by atoms with Crippen LogP contribution in [0.5, 0.6) is 5.75 Å². The third-order valence-corrected chi connectivity index (χ3v) is 5.12. The van der Waals surface area contributed by atoms with Crippen molar-refractivity contribution in [2.75, 3.05) is 11.8 Å². The Balaban J connectivity index is 2.49. The van der Waals surface area contributed by atoms with Crippen molar-refractivity contribution in [2.24, 2.45) is 5.73 Å². The molecule has 0 fully saturated rings. The molecule has 0 saturated carbocycles. The van der Waals surface area contributed by atoms with Crippen molar-refractivity contribution < 1.29 is 17.9 Å². The summed E-state index contributed by atoms with van der Waals surface area (Å²) in [7, 11) is -2.62. The van der Waals surface area contributed by atoms with E-state index in [0.717, 1.165) is 0 Å². The molecule has 0 aromatic heterocycles. The summed E-state index contributed by atoms with van der Waals surface area (Å²) in [5.41, 5.74) is 5.37. The molecule has 0 aliphatic carbocycles. The van der Waals surface area contributed by atoms with E-state index in [1.807, 2.05) is 0 Å². The molecule has 23 heavy (non-hydrogen) atoms. The maximum atomic E-state index is 12.6. The molecule has 6 nitrogen and oxygen atoms in total. The van der Waals surface area contributed by atoms with Gasteiger partial charge in [-0.1, -0.05) is 27.5 Å². The molecule has 0 atom stereocenters. The maximum absolute atomic E-state index is 12.6. The first-order chi connectivity index (χ1) is 10.7. The number of benzene rings is 2. The van der Waals surface area contributed by atoms with Crippen molar-refractivity contribution in [1.29, 1.82) is 0 Å². The van der Waals surface area contributed by atoms with Crippen molar-refractivity contribution in [3.63, 3.8) is 0 Å². The number of anilines is 1. The van der Waals surface area contributed by atoms with E-state index in [-0.39, 0.29) is 26.9 Å². The summed E-state index contributed by atoms with van der Waals surface area (Å²) in [5.74, 6) is -0.523. The van der Waals surface area contributed by atoms with Gasteiger partial charge in [-0.2, -0.15) is 0 Å². The van der Waals surface area contributed by atoms with Gasteiger partial charge in [-0.25, -0.2) is 8.42 Å². The van der Waals surface area contributed by atoms with Crippen molar-refractivity contribution in [3.8, 4) is 5.75 Å². The Morgan fingerprint density at radius 2 is 1.96 bits per heavy atom. The molecule has 0 bridgehead atoms. The van der Waals surface area contributed by atoms with E-state index in [1.165, 1.54) is 37.4 Å². The van der Waals surface area contributed by atoms with E-state index in [2.05, 4.69) is 20.7 Å². The fourth-order valence-electron chi connectivity index (χ4n) is 1.82. The van der Waals surface area contributed by atoms with Crippen LogP contribution in [-0.4, -0.2) is 21.4 Å². The van der Waals surface area contributed by atoms with Gasteiger partial charge in [0, 0.05) is 10.0 Å². The minimum Gasteiger partial charge on any atom is -0.495 e. The lowest BCUT2D eigenvalue weighted by Gasteiger charge is -2.13. The second-order valence-corrected chi connectivity index (χ2v) is 7.43. The molecule has 2 aromatic rings. The monoisotopic (exact) mass is 418 g/mol. The third kappa shape index (κ3) is 3.95. The zero-order valence-corrected chi connectivity index (χ0v) is 15.0. The lowest BCUT2D eigenvalue weighted by molar-refractivity contribution is 0.100. The third-order valence-electron chi connectivity index (χ3n) is 2.91. The molecule has 3 N–H and O–H groups in total. The molecule has 0 aliphatic heterocycles. The molecule has 9 heteroatoms. The summed E-state index contributed by atoms with van der Waals surface area (Å²) in [6, 6.07) is 8.62. The fraction of sp³-hybridized carbons (Fsp3) is 0.0714. The summed E-state index contributed by atoms with van der Waals surface area (Å²) >= 11 is 9.19. The maximum Gasteiger partial charge on any atom is 0.265 e. The van der Waals surface area contributed by atoms with Gasteiger partial charge in [0.1, 0.15) is 10.6 Å². The zero-order chi connectivity index (χ0) is 17.2. The molecule has 2 rings (SSSR count). The largest absolute Gasteiger partial charge is 0.495 e. The lowest BCUT2D eigenvalue weighted by Crippen LogP contribution is -2.16. The number of primary amides is 1. The minimum absolute atomic E-state index is 0.0463. The van der Waals surface area contributed by atoms with E-state index >= 15 is 0 Å². The van der Waals surface area contributed by atoms with Crippen LogP contribution in [0.25, 0.3) is 0 Å². The number of carbonyl (C=O) groups excluding carboxylic acids is 1. The highest BCUT2D eigenvalue weighted by Crippen LogP contribution is 2.31. The number of hydrogen-bond donors (Lipinski definition) is 2. The summed E-state index contributed by atoms with van der Waals surface area (Å²) in [4.78, 5) is 11.1. The smallest absolute Gasteiger partial charge is 0.265 e. The summed E-state index contributed by atoms with van der Waals surface area (Å²) in [6.07, 6.45) is 0. The summed E-state index contributed by atoms with van der Waals surface area (Å²) < 4.78 is 33.1. The number of carbonyl (C=O) groups is 1. The molecule has 122 valence electrons. The van der Waals surface area contributed by atoms with E-state index in [0.29, 0.717) is 4.47 Å². The normalized spacial score (nSPS) is 11.1. The number of methoxy groups -OCH3 is 1. The van der Waals surface area contributed by atoms with Crippen molar-refractivity contribution in [2.45, 2.75) is 4.90 Å². The van der Waals surface area contributed by atoms with Gasteiger partial charge >= 0.3 is 0 Å². The average molecular weight is 420 g/mol. The molecule has 0 spiro atoms. The number of sulfonamides is 1. The first-order valence-corrected chi connectivity index (χ1v) is 8.85. The van der Waals surface area contributed by atoms with Crippen LogP contribution in [0.15, 0.2) is 45.8 Å². The van der Waals surface area contributed by atoms with Crippen LogP contribution in [0.4, 0.5) is 5.69 Å². The predicted octanol–water partition coefficient (Wildman–Crippen LogP) is 3.01. The number of amides is 1. The zero-order valence-electron chi connectivity index (χ0n) is 11.8. The molecule has 2 aromatic carbocycles. The van der Waals surface area contributed by atoms with Gasteiger partial charge in [-0.3, -0.25) is 9.52 Å². The van der Waals surface area contributed by atoms with E-state index < -0.39 is 15.9 Å². The van der Waals surface area contributed by atoms with E-state index in [1.54, 1.807) is 6.07 Å². The number of hydrogen-bond acceptors (Lipinski definition) is 4. The van der Waals surface area contributed by atoms with Crippen LogP contribution in [0, 0.1) is 0 Å². The Morgan fingerprint density at radius 1 is 1.26 bits per heavy atom. The fourth-order valence-corrected chi connectivity index (χ4v) is 3.82. The van der Waals surface area contributed by atoms with Crippen LogP contribution < -0.4 is 15.2 Å². The lowest BCUT2D eigenvalue weighted by atomic mass is 10.2. The number of nitrogens with one attached hydrogen (secondary N) is 1. The van der Waals surface area contributed by atoms with Gasteiger partial charge in [0.2, 0.25) is 5.91 Å². The average Bonchev–Trinajstić information content (AvgIpc) is 2.49. The highest BCUT2D eigenvalue weighted by atomic mass is 79.9. The SMILES string of the molecule is COc1ccc(Br)cc1S(=O)(=O)Nc1cc(C(N)=O)ccc1Cl. The number of halogens is 2. The molecular weight excluding hydrogens is 408 g/mol. The van der Waals surface area contributed by atoms with Crippen LogP contribution in [0.3, 0.4) is 0 Å². The highest BCUT2D eigenvalue weighted by molar-refractivity contribution is 9.10. The van der Waals surface area contributed by atoms with Crippen molar-refractivity contribution >= 4 is 49.1 Å². The van der Waals surface area contributed by atoms with Gasteiger partial charge in [0.25, 0.3) is 10.0 Å². The Bertz CT molecular complexity index is 871. The number of ether oxygens (including phenoxy) is 1. The number of rotatable bonds is 5. The van der Waals surface area contributed by atoms with Crippen LogP contribution >= 0.6 is 27.5 Å². The first kappa shape index (κ1) is 17.6. The second kappa shape index (κ2) is 6.77. The number of nitrogens with two attached hydrogens (primary N) is 1. The molecule has 0 radical (unpaired) electrons. The Kier molecular flexibility index (Phi) is 5.18. The summed E-state index contributed by atoms with van der Waals surface area (Å²) in [5, 5.41) is 0.132. The Labute approximate surface area is 146 Å². The summed E-state index contributed by atoms with van der Waals surface area (Å²) in [6.45, 7) is 0. The molecule has 0 unspecified atom stereocenters. The van der Waals surface area contributed by atoms with Crippen molar-refractivity contribution in [1.82, 2.24) is 0 Å². The molecule has 0 heterocycles. The van der Waals surface area contributed by atoms with Crippen molar-refractivity contribution in [3.05, 3.63) is 51.5 Å². The van der Waals surface area contributed by atoms with Gasteiger partial charge < -0.3 is 10.5 Å². The molecule has 1 amide bonds. The molecule has 0 saturated heterocycles. The van der Waals surface area contributed by atoms with Gasteiger partial charge in [0.05, 0.1) is 17.8 Å². The minimum atomic E-state index is -3.99. The molecule has 0 aliphatic rings. The predicted molar refractivity (Wildman–Crippen MR) is 91.5 cm³/mol. The van der Waals surface area contributed by atoms with E-state index in [9.17, 15) is 13.2 Å². The van der Waals surface area contributed by atoms with Crippen LogP contribution in [0.1, 0.15) is 10.4 Å². The Morgan fingerprint density at radius 3 is 2.57 bits per heavy atom.